The molecule has 0 radical (unpaired) electrons. The van der Waals surface area contributed by atoms with Crippen LogP contribution in [0, 0.1) is 23.7 Å². The second kappa shape index (κ2) is 31.1. The van der Waals surface area contributed by atoms with Crippen LogP contribution < -0.4 is 28.4 Å². The fourth-order valence-electron chi connectivity index (χ4n) is 8.41. The van der Waals surface area contributed by atoms with Gasteiger partial charge in [0.1, 0.15) is 34.5 Å². The molecule has 0 fully saturated rings. The van der Waals surface area contributed by atoms with Crippen LogP contribution in [0.5, 0.6) is 34.5 Å². The van der Waals surface area contributed by atoms with Gasteiger partial charge in [-0.05, 0) is 110 Å². The summed E-state index contributed by atoms with van der Waals surface area (Å²) in [6.07, 6.45) is 26.0. The van der Waals surface area contributed by atoms with Crippen LogP contribution in [-0.2, 0) is 0 Å². The van der Waals surface area contributed by atoms with Crippen molar-refractivity contribution in [2.24, 2.45) is 0 Å². The van der Waals surface area contributed by atoms with E-state index in [1.165, 1.54) is 116 Å². The molecule has 68 heavy (non-hydrogen) atoms. The zero-order chi connectivity index (χ0) is 48.0. The van der Waals surface area contributed by atoms with Crippen LogP contribution in [0.1, 0.15) is 165 Å². The Morgan fingerprint density at radius 3 is 0.956 bits per heavy atom. The summed E-state index contributed by atoms with van der Waals surface area (Å²) in [5, 5.41) is 0. The van der Waals surface area contributed by atoms with Crippen LogP contribution in [0.2, 0.25) is 0 Å². The van der Waals surface area contributed by atoms with Gasteiger partial charge in [-0.15, -0.1) is 0 Å². The molecule has 5 rings (SSSR count). The second-order valence-corrected chi connectivity index (χ2v) is 17.7. The number of rotatable bonds is 30. The molecule has 0 aliphatic carbocycles. The quantitative estimate of drug-likeness (QED) is 0.0338. The molecule has 5 aromatic rings. The number of unbranched alkanes of at least 4 members (excludes halogenated alkanes) is 18. The van der Waals surface area contributed by atoms with Crippen molar-refractivity contribution >= 4 is 0 Å². The summed E-state index contributed by atoms with van der Waals surface area (Å²) in [6.45, 7) is 5.99. The van der Waals surface area contributed by atoms with E-state index in [0.29, 0.717) is 23.0 Å². The van der Waals surface area contributed by atoms with E-state index in [4.69, 9.17) is 28.4 Å². The van der Waals surface area contributed by atoms with Gasteiger partial charge in [0, 0.05) is 44.5 Å². The van der Waals surface area contributed by atoms with Crippen molar-refractivity contribution in [3.63, 3.8) is 0 Å². The first-order valence-electron chi connectivity index (χ1n) is 25.6. The number of hydrogen-bond donors (Lipinski definition) is 0. The maximum absolute atomic E-state index is 6.13. The Bertz CT molecular complexity index is 2170. The van der Waals surface area contributed by atoms with Gasteiger partial charge in [0.2, 0.25) is 0 Å². The number of benzene rings is 5. The number of methoxy groups -OCH3 is 4. The standard InChI is InChI=1S/C62H78O6/c1-7-9-11-13-15-17-19-21-23-25-43-67-53-35-29-49(30-36-53)27-33-51-45-58(60-48-56(64-4)40-42-62(60)66-6)52(46-57(51)59-47-55(63-3)39-41-61(59)65-5)34-28-50-31-37-54(38-32-50)68-44-26-24-22-20-18-16-14-12-10-8-2/h29-32,35-42,45-48H,7-26,43-44H2,1-6H3. The summed E-state index contributed by atoms with van der Waals surface area (Å²) < 4.78 is 35.6. The van der Waals surface area contributed by atoms with E-state index in [1.54, 1.807) is 28.4 Å². The van der Waals surface area contributed by atoms with Gasteiger partial charge in [0.25, 0.3) is 0 Å². The molecule has 362 valence electrons. The lowest BCUT2D eigenvalue weighted by molar-refractivity contribution is 0.304. The zero-order valence-corrected chi connectivity index (χ0v) is 42.2. The van der Waals surface area contributed by atoms with Crippen LogP contribution in [0.15, 0.2) is 97.1 Å². The summed E-state index contributed by atoms with van der Waals surface area (Å²) >= 11 is 0. The molecule has 0 N–H and O–H groups in total. The second-order valence-electron chi connectivity index (χ2n) is 17.7. The molecule has 0 aliphatic rings. The predicted molar refractivity (Wildman–Crippen MR) is 283 cm³/mol. The monoisotopic (exact) mass is 919 g/mol. The van der Waals surface area contributed by atoms with Crippen molar-refractivity contribution in [3.8, 4) is 80.4 Å². The summed E-state index contributed by atoms with van der Waals surface area (Å²) in [4.78, 5) is 0. The van der Waals surface area contributed by atoms with Crippen molar-refractivity contribution in [1.29, 1.82) is 0 Å². The third-order valence-electron chi connectivity index (χ3n) is 12.5. The van der Waals surface area contributed by atoms with E-state index < -0.39 is 0 Å². The highest BCUT2D eigenvalue weighted by molar-refractivity contribution is 5.86. The van der Waals surface area contributed by atoms with Crippen molar-refractivity contribution in [2.45, 2.75) is 142 Å². The third-order valence-corrected chi connectivity index (χ3v) is 12.5. The SMILES string of the molecule is CCCCCCCCCCCCOc1ccc(C#Cc2cc(-c3cc(OC)ccc3OC)c(C#Cc3ccc(OCCCCCCCCCCCC)cc3)cc2-c2cc(OC)ccc2OC)cc1. The van der Waals surface area contributed by atoms with Crippen molar-refractivity contribution < 1.29 is 28.4 Å². The molecular formula is C62H78O6. The Labute approximate surface area is 410 Å². The average molecular weight is 919 g/mol. The van der Waals surface area contributed by atoms with Gasteiger partial charge in [-0.25, -0.2) is 0 Å². The van der Waals surface area contributed by atoms with Gasteiger partial charge in [-0.2, -0.15) is 0 Å². The molecule has 0 atom stereocenters. The summed E-state index contributed by atoms with van der Waals surface area (Å²) in [5.74, 6) is 18.5. The van der Waals surface area contributed by atoms with Crippen molar-refractivity contribution in [2.75, 3.05) is 41.7 Å². The fraction of sp³-hybridized carbons (Fsp3) is 0.452. The molecule has 0 amide bonds. The van der Waals surface area contributed by atoms with Crippen LogP contribution in [0.4, 0.5) is 0 Å². The van der Waals surface area contributed by atoms with E-state index >= 15 is 0 Å². The Kier molecular flexibility index (Phi) is 24.3. The van der Waals surface area contributed by atoms with Crippen LogP contribution in [0.25, 0.3) is 22.3 Å². The van der Waals surface area contributed by atoms with E-state index in [9.17, 15) is 0 Å². The van der Waals surface area contributed by atoms with Gasteiger partial charge in [0.05, 0.1) is 41.7 Å². The van der Waals surface area contributed by atoms with Crippen LogP contribution in [0.3, 0.4) is 0 Å². The molecule has 0 heterocycles. The van der Waals surface area contributed by atoms with Crippen LogP contribution >= 0.6 is 0 Å². The molecule has 0 unspecified atom stereocenters. The highest BCUT2D eigenvalue weighted by Crippen LogP contribution is 2.41. The normalized spacial score (nSPS) is 10.7. The first-order valence-corrected chi connectivity index (χ1v) is 25.6. The lowest BCUT2D eigenvalue weighted by Crippen LogP contribution is -1.98. The topological polar surface area (TPSA) is 55.4 Å². The Balaban J connectivity index is 1.38. The molecule has 0 aromatic heterocycles. The van der Waals surface area contributed by atoms with Crippen molar-refractivity contribution in [3.05, 3.63) is 119 Å². The molecular weight excluding hydrogens is 841 g/mol. The Morgan fingerprint density at radius 2 is 0.632 bits per heavy atom. The molecule has 0 bridgehead atoms. The minimum atomic E-state index is 0.691. The van der Waals surface area contributed by atoms with Gasteiger partial charge in [-0.3, -0.25) is 0 Å². The predicted octanol–water partition coefficient (Wildman–Crippen LogP) is 16.5. The third kappa shape index (κ3) is 17.9. The van der Waals surface area contributed by atoms with E-state index in [-0.39, 0.29) is 0 Å². The molecule has 0 saturated carbocycles. The molecule has 0 aliphatic heterocycles. The Hall–Kier alpha value is -5.98. The largest absolute Gasteiger partial charge is 0.497 e. The van der Waals surface area contributed by atoms with E-state index in [2.05, 4.69) is 49.7 Å². The summed E-state index contributed by atoms with van der Waals surface area (Å²) in [6, 6.07) is 31.9. The van der Waals surface area contributed by atoms with Crippen molar-refractivity contribution in [1.82, 2.24) is 0 Å². The van der Waals surface area contributed by atoms with Gasteiger partial charge < -0.3 is 28.4 Å². The van der Waals surface area contributed by atoms with Gasteiger partial charge >= 0.3 is 0 Å². The van der Waals surface area contributed by atoms with E-state index in [1.807, 2.05) is 84.9 Å². The molecule has 6 heteroatoms. The van der Waals surface area contributed by atoms with E-state index in [0.717, 1.165) is 82.1 Å². The molecule has 6 nitrogen and oxygen atoms in total. The number of ether oxygens (including phenoxy) is 6. The minimum absolute atomic E-state index is 0.691. The highest BCUT2D eigenvalue weighted by Gasteiger charge is 2.19. The lowest BCUT2D eigenvalue weighted by Gasteiger charge is -2.17. The van der Waals surface area contributed by atoms with Gasteiger partial charge in [-0.1, -0.05) is 153 Å². The minimum Gasteiger partial charge on any atom is -0.497 e. The number of hydrogen-bond acceptors (Lipinski definition) is 6. The first kappa shape index (κ1) is 53.0. The molecule has 0 saturated heterocycles. The highest BCUT2D eigenvalue weighted by atomic mass is 16.5. The molecule has 0 spiro atoms. The van der Waals surface area contributed by atoms with Crippen LogP contribution in [-0.4, -0.2) is 41.7 Å². The maximum atomic E-state index is 6.13. The average Bonchev–Trinajstić information content (AvgIpc) is 3.38. The molecule has 5 aromatic carbocycles. The Morgan fingerprint density at radius 1 is 0.309 bits per heavy atom. The maximum Gasteiger partial charge on any atom is 0.126 e. The summed E-state index contributed by atoms with van der Waals surface area (Å²) in [5.41, 5.74) is 6.70. The fourth-order valence-corrected chi connectivity index (χ4v) is 8.41. The van der Waals surface area contributed by atoms with Gasteiger partial charge in [0.15, 0.2) is 0 Å². The zero-order valence-electron chi connectivity index (χ0n) is 42.2. The first-order chi connectivity index (χ1) is 33.5. The summed E-state index contributed by atoms with van der Waals surface area (Å²) in [7, 11) is 6.69. The lowest BCUT2D eigenvalue weighted by atomic mass is 9.89. The smallest absolute Gasteiger partial charge is 0.126 e.